The molecule has 0 aliphatic carbocycles. The third-order valence-corrected chi connectivity index (χ3v) is 2.69. The van der Waals surface area contributed by atoms with E-state index in [1.165, 1.54) is 0 Å². The summed E-state index contributed by atoms with van der Waals surface area (Å²) in [5.41, 5.74) is 1.92. The monoisotopic (exact) mass is 176 g/mol. The smallest absolute Gasteiger partial charge is 0.128 e. The van der Waals surface area contributed by atoms with Crippen LogP contribution in [0.2, 0.25) is 0 Å². The van der Waals surface area contributed by atoms with Gasteiger partial charge >= 0.3 is 0 Å². The number of hydrogen-bond donors (Lipinski definition) is 0. The van der Waals surface area contributed by atoms with E-state index in [-0.39, 0.29) is 0 Å². The van der Waals surface area contributed by atoms with E-state index < -0.39 is 5.54 Å². The molecule has 2 heteroatoms. The van der Waals surface area contributed by atoms with Gasteiger partial charge in [0, 0.05) is 11.4 Å². The van der Waals surface area contributed by atoms with Crippen LogP contribution in [-0.4, -0.2) is 4.57 Å². The molecule has 0 bridgehead atoms. The molecule has 2 nitrogen and oxygen atoms in total. The number of aryl methyl sites for hydroxylation is 2. The van der Waals surface area contributed by atoms with Gasteiger partial charge in [-0.2, -0.15) is 5.26 Å². The second-order valence-corrected chi connectivity index (χ2v) is 3.69. The minimum Gasteiger partial charge on any atom is -0.331 e. The summed E-state index contributed by atoms with van der Waals surface area (Å²) in [5, 5.41) is 9.14. The molecule has 1 aromatic heterocycles. The number of hydrogen-bond acceptors (Lipinski definition) is 1. The van der Waals surface area contributed by atoms with Crippen molar-refractivity contribution in [3.63, 3.8) is 0 Å². The zero-order valence-corrected chi connectivity index (χ0v) is 8.76. The highest BCUT2D eigenvalue weighted by atomic mass is 15.1. The van der Waals surface area contributed by atoms with Crippen molar-refractivity contribution in [1.29, 1.82) is 5.26 Å². The highest BCUT2D eigenvalue weighted by Gasteiger charge is 2.25. The molecule has 0 aliphatic heterocycles. The normalized spacial score (nSPS) is 15.0. The highest BCUT2D eigenvalue weighted by Crippen LogP contribution is 2.24. The van der Waals surface area contributed by atoms with E-state index in [9.17, 15) is 0 Å². The molecule has 1 heterocycles. The SMILES string of the molecule is CCC(C)(C#N)n1c(C)ccc1C. The van der Waals surface area contributed by atoms with E-state index in [1.807, 2.05) is 27.7 Å². The van der Waals surface area contributed by atoms with Crippen LogP contribution in [0.15, 0.2) is 12.1 Å². The molecule has 0 spiro atoms. The van der Waals surface area contributed by atoms with E-state index in [2.05, 4.69) is 22.8 Å². The van der Waals surface area contributed by atoms with Crippen LogP contribution in [0, 0.1) is 25.2 Å². The lowest BCUT2D eigenvalue weighted by atomic mass is 10.00. The fourth-order valence-electron chi connectivity index (χ4n) is 1.73. The van der Waals surface area contributed by atoms with Gasteiger partial charge in [0.2, 0.25) is 0 Å². The molecule has 0 saturated heterocycles. The molecule has 0 fully saturated rings. The Morgan fingerprint density at radius 2 is 1.85 bits per heavy atom. The second-order valence-electron chi connectivity index (χ2n) is 3.69. The number of nitriles is 1. The van der Waals surface area contributed by atoms with Crippen LogP contribution in [0.3, 0.4) is 0 Å². The predicted octanol–water partition coefficient (Wildman–Crippen LogP) is 2.75. The second kappa shape index (κ2) is 3.26. The molecule has 1 aromatic rings. The van der Waals surface area contributed by atoms with Crippen molar-refractivity contribution >= 4 is 0 Å². The Morgan fingerprint density at radius 1 is 1.38 bits per heavy atom. The highest BCUT2D eigenvalue weighted by molar-refractivity contribution is 5.20. The van der Waals surface area contributed by atoms with Gasteiger partial charge in [0.15, 0.2) is 0 Å². The van der Waals surface area contributed by atoms with Crippen LogP contribution in [0.4, 0.5) is 0 Å². The van der Waals surface area contributed by atoms with Gasteiger partial charge in [-0.25, -0.2) is 0 Å². The Morgan fingerprint density at radius 3 is 2.15 bits per heavy atom. The lowest BCUT2D eigenvalue weighted by Gasteiger charge is -2.25. The van der Waals surface area contributed by atoms with E-state index in [0.717, 1.165) is 17.8 Å². The van der Waals surface area contributed by atoms with Crippen LogP contribution < -0.4 is 0 Å². The fourth-order valence-corrected chi connectivity index (χ4v) is 1.73. The molecule has 13 heavy (non-hydrogen) atoms. The number of nitrogens with zero attached hydrogens (tertiary/aromatic N) is 2. The summed E-state index contributed by atoms with van der Waals surface area (Å²) in [6, 6.07) is 6.49. The van der Waals surface area contributed by atoms with Crippen LogP contribution in [0.25, 0.3) is 0 Å². The molecule has 0 N–H and O–H groups in total. The molecule has 1 unspecified atom stereocenters. The lowest BCUT2D eigenvalue weighted by Crippen LogP contribution is -2.29. The van der Waals surface area contributed by atoms with Crippen LogP contribution in [0.5, 0.6) is 0 Å². The molecule has 1 rings (SSSR count). The first kappa shape index (κ1) is 9.85. The Balaban J connectivity index is 3.28. The molecule has 0 saturated carbocycles. The zero-order valence-electron chi connectivity index (χ0n) is 8.76. The minimum absolute atomic E-state index is 0.391. The standard InChI is InChI=1S/C11H16N2/c1-5-11(4,8-12)13-9(2)6-7-10(13)3/h6-7H,5H2,1-4H3. The minimum atomic E-state index is -0.391. The summed E-state index contributed by atoms with van der Waals surface area (Å²) in [4.78, 5) is 0. The van der Waals surface area contributed by atoms with Crippen molar-refractivity contribution in [3.8, 4) is 6.07 Å². The van der Waals surface area contributed by atoms with E-state index in [1.54, 1.807) is 0 Å². The fraction of sp³-hybridized carbons (Fsp3) is 0.545. The third-order valence-electron chi connectivity index (χ3n) is 2.69. The average Bonchev–Trinajstić information content (AvgIpc) is 2.46. The van der Waals surface area contributed by atoms with Crippen LogP contribution in [-0.2, 0) is 5.54 Å². The Bertz CT molecular complexity index is 324. The molecular weight excluding hydrogens is 160 g/mol. The first-order valence-corrected chi connectivity index (χ1v) is 4.62. The van der Waals surface area contributed by atoms with Gasteiger partial charge in [0.25, 0.3) is 0 Å². The predicted molar refractivity (Wildman–Crippen MR) is 53.5 cm³/mol. The van der Waals surface area contributed by atoms with Crippen molar-refractivity contribution in [2.75, 3.05) is 0 Å². The lowest BCUT2D eigenvalue weighted by molar-refractivity contribution is 0.394. The van der Waals surface area contributed by atoms with Crippen molar-refractivity contribution < 1.29 is 0 Å². The van der Waals surface area contributed by atoms with Gasteiger partial charge in [-0.1, -0.05) is 6.92 Å². The molecule has 1 atom stereocenters. The summed E-state index contributed by atoms with van der Waals surface area (Å²) in [5.74, 6) is 0. The summed E-state index contributed by atoms with van der Waals surface area (Å²) in [6.07, 6.45) is 0.833. The van der Waals surface area contributed by atoms with Crippen molar-refractivity contribution in [2.24, 2.45) is 0 Å². The average molecular weight is 176 g/mol. The largest absolute Gasteiger partial charge is 0.331 e. The van der Waals surface area contributed by atoms with Gasteiger partial charge in [-0.15, -0.1) is 0 Å². The van der Waals surface area contributed by atoms with E-state index >= 15 is 0 Å². The Labute approximate surface area is 79.8 Å². The maximum atomic E-state index is 9.14. The van der Waals surface area contributed by atoms with Gasteiger partial charge < -0.3 is 4.57 Å². The summed E-state index contributed by atoms with van der Waals surface area (Å²) in [7, 11) is 0. The number of rotatable bonds is 2. The van der Waals surface area contributed by atoms with Crippen molar-refractivity contribution in [2.45, 2.75) is 39.7 Å². The van der Waals surface area contributed by atoms with E-state index in [0.29, 0.717) is 0 Å². The molecular formula is C11H16N2. The van der Waals surface area contributed by atoms with E-state index in [4.69, 9.17) is 5.26 Å². The Hall–Kier alpha value is -1.23. The maximum Gasteiger partial charge on any atom is 0.128 e. The topological polar surface area (TPSA) is 28.7 Å². The van der Waals surface area contributed by atoms with Crippen molar-refractivity contribution in [1.82, 2.24) is 4.57 Å². The molecule has 0 amide bonds. The van der Waals surface area contributed by atoms with Gasteiger partial charge in [-0.3, -0.25) is 0 Å². The van der Waals surface area contributed by atoms with Crippen molar-refractivity contribution in [3.05, 3.63) is 23.5 Å². The van der Waals surface area contributed by atoms with Crippen LogP contribution >= 0.6 is 0 Å². The van der Waals surface area contributed by atoms with Gasteiger partial charge in [-0.05, 0) is 39.3 Å². The summed E-state index contributed by atoms with van der Waals surface area (Å²) in [6.45, 7) is 8.10. The summed E-state index contributed by atoms with van der Waals surface area (Å²) < 4.78 is 2.10. The zero-order chi connectivity index (χ0) is 10.1. The van der Waals surface area contributed by atoms with Crippen LogP contribution in [0.1, 0.15) is 31.7 Å². The summed E-state index contributed by atoms with van der Waals surface area (Å²) >= 11 is 0. The molecule has 0 radical (unpaired) electrons. The quantitative estimate of drug-likeness (QED) is 0.681. The maximum absolute atomic E-state index is 9.14. The molecule has 0 aliphatic rings. The molecule has 0 aromatic carbocycles. The van der Waals surface area contributed by atoms with Gasteiger partial charge in [0.05, 0.1) is 6.07 Å². The Kier molecular flexibility index (Phi) is 2.47. The number of aromatic nitrogens is 1. The first-order valence-electron chi connectivity index (χ1n) is 4.62. The first-order chi connectivity index (χ1) is 6.05. The van der Waals surface area contributed by atoms with Gasteiger partial charge in [0.1, 0.15) is 5.54 Å². The molecule has 70 valence electrons. The third kappa shape index (κ3) is 1.47.